The lowest BCUT2D eigenvalue weighted by Crippen LogP contribution is -2.37. The topological polar surface area (TPSA) is 20.3 Å². The predicted molar refractivity (Wildman–Crippen MR) is 87.3 cm³/mol. The van der Waals surface area contributed by atoms with E-state index in [0.29, 0.717) is 18.2 Å². The second kappa shape index (κ2) is 7.58. The molecule has 0 bridgehead atoms. The van der Waals surface area contributed by atoms with Gasteiger partial charge in [0.1, 0.15) is 5.78 Å². The van der Waals surface area contributed by atoms with Crippen molar-refractivity contribution < 1.29 is 4.79 Å². The van der Waals surface area contributed by atoms with Gasteiger partial charge in [-0.25, -0.2) is 0 Å². The number of carbonyl (C=O) groups excluding carboxylic acids is 1. The zero-order chi connectivity index (χ0) is 14.5. The standard InChI is InChI=1S/C19H31NO/c21-19(18-9-5-2-6-10-18)15-20-13-11-17(12-14-20)16-7-3-1-4-8-16/h11,16,18H,1-10,12-15H2. The normalized spacial score (nSPS) is 26.6. The summed E-state index contributed by atoms with van der Waals surface area (Å²) in [5.41, 5.74) is 1.70. The summed E-state index contributed by atoms with van der Waals surface area (Å²) >= 11 is 0. The molecule has 0 amide bonds. The molecule has 2 aliphatic carbocycles. The quantitative estimate of drug-likeness (QED) is 0.717. The molecular formula is C19H31NO. The van der Waals surface area contributed by atoms with Crippen molar-refractivity contribution in [2.45, 2.75) is 70.6 Å². The van der Waals surface area contributed by atoms with Crippen LogP contribution in [0.5, 0.6) is 0 Å². The Labute approximate surface area is 130 Å². The minimum absolute atomic E-state index is 0.377. The van der Waals surface area contributed by atoms with E-state index in [1.807, 2.05) is 0 Å². The minimum atomic E-state index is 0.377. The molecule has 0 saturated heterocycles. The van der Waals surface area contributed by atoms with Crippen molar-refractivity contribution in [2.24, 2.45) is 11.8 Å². The molecule has 21 heavy (non-hydrogen) atoms. The molecule has 0 aromatic carbocycles. The van der Waals surface area contributed by atoms with Gasteiger partial charge in [0.2, 0.25) is 0 Å². The van der Waals surface area contributed by atoms with Gasteiger partial charge < -0.3 is 0 Å². The first-order valence-corrected chi connectivity index (χ1v) is 9.27. The number of hydrogen-bond acceptors (Lipinski definition) is 2. The van der Waals surface area contributed by atoms with Crippen LogP contribution in [0.4, 0.5) is 0 Å². The monoisotopic (exact) mass is 289 g/mol. The number of nitrogens with zero attached hydrogens (tertiary/aromatic N) is 1. The van der Waals surface area contributed by atoms with Crippen molar-refractivity contribution >= 4 is 5.78 Å². The van der Waals surface area contributed by atoms with Crippen LogP contribution >= 0.6 is 0 Å². The number of hydrogen-bond donors (Lipinski definition) is 0. The fourth-order valence-electron chi connectivity index (χ4n) is 4.49. The van der Waals surface area contributed by atoms with Crippen LogP contribution in [0.3, 0.4) is 0 Å². The van der Waals surface area contributed by atoms with Gasteiger partial charge in [0.05, 0.1) is 6.54 Å². The first-order chi connectivity index (χ1) is 10.3. The highest BCUT2D eigenvalue weighted by atomic mass is 16.1. The van der Waals surface area contributed by atoms with Crippen molar-refractivity contribution in [3.05, 3.63) is 11.6 Å². The molecule has 1 heterocycles. The Morgan fingerprint density at radius 1 is 1.00 bits per heavy atom. The van der Waals surface area contributed by atoms with Crippen LogP contribution in [0.1, 0.15) is 70.6 Å². The first kappa shape index (κ1) is 15.3. The van der Waals surface area contributed by atoms with E-state index in [4.69, 9.17) is 0 Å². The third-order valence-electron chi connectivity index (χ3n) is 5.90. The van der Waals surface area contributed by atoms with E-state index < -0.39 is 0 Å². The number of rotatable bonds is 4. The van der Waals surface area contributed by atoms with Crippen molar-refractivity contribution in [1.29, 1.82) is 0 Å². The van der Waals surface area contributed by atoms with E-state index in [1.165, 1.54) is 57.8 Å². The Hall–Kier alpha value is -0.630. The molecule has 0 atom stereocenters. The fourth-order valence-corrected chi connectivity index (χ4v) is 4.49. The molecule has 1 aliphatic heterocycles. The van der Waals surface area contributed by atoms with Crippen molar-refractivity contribution in [3.63, 3.8) is 0 Å². The zero-order valence-electron chi connectivity index (χ0n) is 13.5. The predicted octanol–water partition coefficient (Wildman–Crippen LogP) is 4.35. The fraction of sp³-hybridized carbons (Fsp3) is 0.842. The van der Waals surface area contributed by atoms with Gasteiger partial charge in [0.15, 0.2) is 0 Å². The van der Waals surface area contributed by atoms with Gasteiger partial charge in [-0.05, 0) is 38.0 Å². The molecule has 2 saturated carbocycles. The summed E-state index contributed by atoms with van der Waals surface area (Å²) in [5.74, 6) is 1.77. The van der Waals surface area contributed by atoms with E-state index in [1.54, 1.807) is 5.57 Å². The molecule has 0 radical (unpaired) electrons. The third-order valence-corrected chi connectivity index (χ3v) is 5.90. The van der Waals surface area contributed by atoms with Crippen LogP contribution in [0.15, 0.2) is 11.6 Å². The second-order valence-corrected chi connectivity index (χ2v) is 7.40. The Kier molecular flexibility index (Phi) is 5.51. The summed E-state index contributed by atoms with van der Waals surface area (Å²) < 4.78 is 0. The first-order valence-electron chi connectivity index (χ1n) is 9.27. The molecule has 118 valence electrons. The molecule has 0 aromatic rings. The lowest BCUT2D eigenvalue weighted by atomic mass is 9.81. The molecule has 3 aliphatic rings. The highest BCUT2D eigenvalue weighted by molar-refractivity contribution is 5.83. The van der Waals surface area contributed by atoms with Gasteiger partial charge in [-0.2, -0.15) is 0 Å². The van der Waals surface area contributed by atoms with Gasteiger partial charge in [0, 0.05) is 19.0 Å². The smallest absolute Gasteiger partial charge is 0.149 e. The average molecular weight is 289 g/mol. The van der Waals surface area contributed by atoms with Crippen molar-refractivity contribution in [1.82, 2.24) is 4.90 Å². The number of ketones is 1. The van der Waals surface area contributed by atoms with Crippen LogP contribution in [0.2, 0.25) is 0 Å². The summed E-state index contributed by atoms with van der Waals surface area (Å²) in [7, 11) is 0. The lowest BCUT2D eigenvalue weighted by Gasteiger charge is -2.32. The number of Topliss-reactive ketones (excluding diaryl/α,β-unsaturated/α-hetero) is 1. The molecular weight excluding hydrogens is 258 g/mol. The van der Waals surface area contributed by atoms with E-state index in [0.717, 1.165) is 31.8 Å². The maximum atomic E-state index is 12.4. The van der Waals surface area contributed by atoms with Gasteiger partial charge in [-0.15, -0.1) is 0 Å². The molecule has 0 N–H and O–H groups in total. The molecule has 0 unspecified atom stereocenters. The summed E-state index contributed by atoms with van der Waals surface area (Å²) in [5, 5.41) is 0. The molecule has 2 heteroatoms. The van der Waals surface area contributed by atoms with Crippen LogP contribution in [-0.2, 0) is 4.79 Å². The van der Waals surface area contributed by atoms with Crippen LogP contribution in [0, 0.1) is 11.8 Å². The molecule has 2 nitrogen and oxygen atoms in total. The number of carbonyl (C=O) groups is 1. The Morgan fingerprint density at radius 3 is 2.29 bits per heavy atom. The highest BCUT2D eigenvalue weighted by Crippen LogP contribution is 2.33. The SMILES string of the molecule is O=C(CN1CC=C(C2CCCCC2)CC1)C1CCCCC1. The van der Waals surface area contributed by atoms with Crippen LogP contribution < -0.4 is 0 Å². The summed E-state index contributed by atoms with van der Waals surface area (Å²) in [6.07, 6.45) is 16.9. The Bertz CT molecular complexity index is 375. The third kappa shape index (κ3) is 4.18. The summed E-state index contributed by atoms with van der Waals surface area (Å²) in [6.45, 7) is 2.84. The average Bonchev–Trinajstić information content (AvgIpc) is 2.57. The van der Waals surface area contributed by atoms with E-state index in [2.05, 4.69) is 11.0 Å². The van der Waals surface area contributed by atoms with Crippen molar-refractivity contribution in [2.75, 3.05) is 19.6 Å². The summed E-state index contributed by atoms with van der Waals surface area (Å²) in [6, 6.07) is 0. The van der Waals surface area contributed by atoms with Crippen LogP contribution in [-0.4, -0.2) is 30.3 Å². The Morgan fingerprint density at radius 2 is 1.67 bits per heavy atom. The molecule has 2 fully saturated rings. The minimum Gasteiger partial charge on any atom is -0.298 e. The van der Waals surface area contributed by atoms with Gasteiger partial charge in [-0.3, -0.25) is 9.69 Å². The highest BCUT2D eigenvalue weighted by Gasteiger charge is 2.25. The van der Waals surface area contributed by atoms with Gasteiger partial charge in [-0.1, -0.05) is 50.2 Å². The Balaban J connectivity index is 1.46. The largest absolute Gasteiger partial charge is 0.298 e. The van der Waals surface area contributed by atoms with Gasteiger partial charge >= 0.3 is 0 Å². The molecule has 0 spiro atoms. The lowest BCUT2D eigenvalue weighted by molar-refractivity contribution is -0.124. The zero-order valence-corrected chi connectivity index (χ0v) is 13.5. The maximum Gasteiger partial charge on any atom is 0.149 e. The maximum absolute atomic E-state index is 12.4. The second-order valence-electron chi connectivity index (χ2n) is 7.40. The van der Waals surface area contributed by atoms with Crippen molar-refractivity contribution in [3.8, 4) is 0 Å². The summed E-state index contributed by atoms with van der Waals surface area (Å²) in [4.78, 5) is 14.8. The van der Waals surface area contributed by atoms with E-state index >= 15 is 0 Å². The van der Waals surface area contributed by atoms with Crippen LogP contribution in [0.25, 0.3) is 0 Å². The van der Waals surface area contributed by atoms with E-state index in [9.17, 15) is 4.79 Å². The molecule has 0 aromatic heterocycles. The molecule has 3 rings (SSSR count). The van der Waals surface area contributed by atoms with Gasteiger partial charge in [0.25, 0.3) is 0 Å². The van der Waals surface area contributed by atoms with E-state index in [-0.39, 0.29) is 0 Å².